The van der Waals surface area contributed by atoms with E-state index in [1.54, 1.807) is 0 Å². The Kier molecular flexibility index (Phi) is 6.33. The highest BCUT2D eigenvalue weighted by atomic mass is 32.2. The maximum atomic E-state index is 10.3. The van der Waals surface area contributed by atoms with E-state index < -0.39 is 6.10 Å². The normalized spacial score (nSPS) is 12.2. The lowest BCUT2D eigenvalue weighted by atomic mass is 10.2. The molecule has 0 aliphatic carbocycles. The Bertz CT molecular complexity index is 1080. The number of fused-ring (bicyclic) bond motifs is 1. The van der Waals surface area contributed by atoms with Crippen molar-refractivity contribution in [3.63, 3.8) is 0 Å². The lowest BCUT2D eigenvalue weighted by molar-refractivity contribution is 0.213. The molecule has 29 heavy (non-hydrogen) atoms. The molecule has 2 aromatic heterocycles. The maximum Gasteiger partial charge on any atom is 0.206 e. The van der Waals surface area contributed by atoms with Gasteiger partial charge in [-0.05, 0) is 30.2 Å². The number of para-hydroxylation sites is 2. The molecule has 0 radical (unpaired) electrons. The van der Waals surface area contributed by atoms with Gasteiger partial charge in [-0.3, -0.25) is 0 Å². The molecule has 0 saturated carbocycles. The highest BCUT2D eigenvalue weighted by Gasteiger charge is 2.10. The molecule has 6 nitrogen and oxygen atoms in total. The Morgan fingerprint density at radius 3 is 2.83 bits per heavy atom. The molecule has 1 atom stereocenters. The van der Waals surface area contributed by atoms with Crippen LogP contribution in [0.3, 0.4) is 0 Å². The van der Waals surface area contributed by atoms with Gasteiger partial charge in [0.2, 0.25) is 5.13 Å². The number of aryl methyl sites for hydroxylation is 1. The van der Waals surface area contributed by atoms with Gasteiger partial charge in [0.1, 0.15) is 0 Å². The summed E-state index contributed by atoms with van der Waals surface area (Å²) in [6.07, 6.45) is 1.55. The molecule has 0 fully saturated rings. The third kappa shape index (κ3) is 5.09. The van der Waals surface area contributed by atoms with E-state index >= 15 is 0 Å². The van der Waals surface area contributed by atoms with Crippen molar-refractivity contribution in [2.24, 2.45) is 0 Å². The van der Waals surface area contributed by atoms with Gasteiger partial charge in [0.15, 0.2) is 4.34 Å². The minimum atomic E-state index is -0.467. The van der Waals surface area contributed by atoms with E-state index in [-0.39, 0.29) is 0 Å². The van der Waals surface area contributed by atoms with Crippen LogP contribution in [0.15, 0.2) is 59.1 Å². The second-order valence-corrected chi connectivity index (χ2v) is 8.99. The van der Waals surface area contributed by atoms with Gasteiger partial charge >= 0.3 is 0 Å². The van der Waals surface area contributed by atoms with Crippen LogP contribution in [0, 0.1) is 6.92 Å². The Morgan fingerprint density at radius 2 is 1.93 bits per heavy atom. The number of aliphatic hydroxyl groups is 1. The van der Waals surface area contributed by atoms with Crippen LogP contribution in [0.5, 0.6) is 0 Å². The number of benzene rings is 2. The van der Waals surface area contributed by atoms with Gasteiger partial charge in [-0.1, -0.05) is 59.5 Å². The van der Waals surface area contributed by atoms with E-state index in [9.17, 15) is 5.11 Å². The van der Waals surface area contributed by atoms with E-state index in [2.05, 4.69) is 50.9 Å². The summed E-state index contributed by atoms with van der Waals surface area (Å²) in [5, 5.41) is 27.3. The van der Waals surface area contributed by atoms with E-state index in [1.165, 1.54) is 39.6 Å². The van der Waals surface area contributed by atoms with Gasteiger partial charge in [0.05, 0.1) is 6.10 Å². The van der Waals surface area contributed by atoms with Crippen molar-refractivity contribution in [2.45, 2.75) is 23.9 Å². The highest BCUT2D eigenvalue weighted by Crippen LogP contribution is 2.27. The quantitative estimate of drug-likeness (QED) is 0.295. The Labute approximate surface area is 177 Å². The van der Waals surface area contributed by atoms with Crippen LogP contribution >= 0.6 is 23.1 Å². The number of thioether (sulfide) groups is 1. The molecule has 2 aromatic carbocycles. The number of rotatable bonds is 9. The van der Waals surface area contributed by atoms with Crippen LogP contribution in [0.1, 0.15) is 11.1 Å². The summed E-state index contributed by atoms with van der Waals surface area (Å²) in [6, 6.07) is 16.3. The van der Waals surface area contributed by atoms with Crippen molar-refractivity contribution >= 4 is 44.8 Å². The first-order valence-corrected chi connectivity index (χ1v) is 11.2. The van der Waals surface area contributed by atoms with Crippen LogP contribution in [-0.4, -0.2) is 38.7 Å². The summed E-state index contributed by atoms with van der Waals surface area (Å²) in [6.45, 7) is 3.24. The molecular weight excluding hydrogens is 402 g/mol. The lowest BCUT2D eigenvalue weighted by Gasteiger charge is -2.13. The molecule has 4 aromatic rings. The molecule has 1 unspecified atom stereocenters. The molecule has 0 amide bonds. The number of nitrogens with zero attached hydrogens (tertiary/aromatic N) is 2. The van der Waals surface area contributed by atoms with Crippen molar-refractivity contribution in [3.8, 4) is 0 Å². The molecule has 8 heteroatoms. The predicted octanol–water partition coefficient (Wildman–Crippen LogP) is 4.51. The maximum absolute atomic E-state index is 10.3. The summed E-state index contributed by atoms with van der Waals surface area (Å²) in [5.41, 5.74) is 4.55. The van der Waals surface area contributed by atoms with Crippen molar-refractivity contribution in [3.05, 3.63) is 65.9 Å². The first-order valence-electron chi connectivity index (χ1n) is 9.42. The van der Waals surface area contributed by atoms with Crippen LogP contribution < -0.4 is 10.6 Å². The number of anilines is 2. The van der Waals surface area contributed by atoms with Gasteiger partial charge in [-0.15, -0.1) is 10.2 Å². The van der Waals surface area contributed by atoms with Crippen LogP contribution in [-0.2, 0) is 6.54 Å². The zero-order chi connectivity index (χ0) is 20.1. The summed E-state index contributed by atoms with van der Waals surface area (Å²) in [4.78, 5) is 3.28. The molecule has 0 saturated heterocycles. The molecular formula is C21H23N5OS2. The molecule has 150 valence electrons. The number of aliphatic hydroxyl groups excluding tert-OH is 1. The van der Waals surface area contributed by atoms with Gasteiger partial charge in [0.25, 0.3) is 0 Å². The van der Waals surface area contributed by atoms with E-state index in [0.29, 0.717) is 18.8 Å². The van der Waals surface area contributed by atoms with Crippen molar-refractivity contribution in [1.82, 2.24) is 15.2 Å². The minimum Gasteiger partial charge on any atom is -0.390 e. The van der Waals surface area contributed by atoms with E-state index in [1.807, 2.05) is 36.5 Å². The average Bonchev–Trinajstić information content (AvgIpc) is 3.37. The fourth-order valence-electron chi connectivity index (χ4n) is 3.01. The third-order valence-electron chi connectivity index (χ3n) is 4.58. The zero-order valence-electron chi connectivity index (χ0n) is 16.1. The molecule has 4 N–H and O–H groups in total. The lowest BCUT2D eigenvalue weighted by Crippen LogP contribution is -2.22. The Hall–Kier alpha value is -2.55. The largest absolute Gasteiger partial charge is 0.390 e. The summed E-state index contributed by atoms with van der Waals surface area (Å²) in [7, 11) is 0. The fourth-order valence-corrected chi connectivity index (χ4v) is 4.71. The number of hydrogen-bond acceptors (Lipinski definition) is 7. The van der Waals surface area contributed by atoms with Crippen molar-refractivity contribution in [1.29, 1.82) is 0 Å². The van der Waals surface area contributed by atoms with Crippen LogP contribution in [0.4, 0.5) is 10.8 Å². The van der Waals surface area contributed by atoms with Gasteiger partial charge in [-0.2, -0.15) is 0 Å². The summed E-state index contributed by atoms with van der Waals surface area (Å²) in [5.74, 6) is 0.565. The third-order valence-corrected chi connectivity index (χ3v) is 6.74. The molecule has 0 aliphatic rings. The second kappa shape index (κ2) is 9.30. The first kappa shape index (κ1) is 19.8. The smallest absolute Gasteiger partial charge is 0.206 e. The van der Waals surface area contributed by atoms with E-state index in [0.717, 1.165) is 20.7 Å². The number of nitrogens with one attached hydrogen (secondary N) is 3. The second-order valence-electron chi connectivity index (χ2n) is 6.75. The molecule has 0 spiro atoms. The van der Waals surface area contributed by atoms with Crippen molar-refractivity contribution < 1.29 is 5.11 Å². The molecule has 0 aliphatic heterocycles. The number of aromatic amines is 1. The van der Waals surface area contributed by atoms with Crippen molar-refractivity contribution in [2.75, 3.05) is 22.9 Å². The van der Waals surface area contributed by atoms with Gasteiger partial charge in [-0.25, -0.2) is 0 Å². The number of hydrogen-bond donors (Lipinski definition) is 4. The monoisotopic (exact) mass is 425 g/mol. The Balaban J connectivity index is 1.24. The van der Waals surface area contributed by atoms with Gasteiger partial charge in [0, 0.05) is 41.6 Å². The Morgan fingerprint density at radius 1 is 1.10 bits per heavy atom. The number of aromatic nitrogens is 3. The van der Waals surface area contributed by atoms with E-state index in [4.69, 9.17) is 0 Å². The summed E-state index contributed by atoms with van der Waals surface area (Å²) < 4.78 is 0.848. The molecule has 4 rings (SSSR count). The standard InChI is InChI=1S/C21H23N5OS2/c1-14-6-2-4-8-18(14)23-12-16(27)13-28-21-26-25-20(29-21)24-11-15-10-22-19-9-5-3-7-17(15)19/h2-10,16,22-23,27H,11-13H2,1H3,(H,24,25). The first-order chi connectivity index (χ1) is 14.2. The predicted molar refractivity (Wildman–Crippen MR) is 122 cm³/mol. The molecule has 0 bridgehead atoms. The molecule has 2 heterocycles. The summed E-state index contributed by atoms with van der Waals surface area (Å²) >= 11 is 3.03. The minimum absolute atomic E-state index is 0.467. The van der Waals surface area contributed by atoms with Crippen LogP contribution in [0.2, 0.25) is 0 Å². The fraction of sp³-hybridized carbons (Fsp3) is 0.238. The van der Waals surface area contributed by atoms with Crippen LogP contribution in [0.25, 0.3) is 10.9 Å². The SMILES string of the molecule is Cc1ccccc1NCC(O)CSc1nnc(NCc2c[nH]c3ccccc23)s1. The number of H-pyrrole nitrogens is 1. The van der Waals surface area contributed by atoms with Gasteiger partial charge < -0.3 is 20.7 Å². The zero-order valence-corrected chi connectivity index (χ0v) is 17.7. The average molecular weight is 426 g/mol. The highest BCUT2D eigenvalue weighted by molar-refractivity contribution is 8.01. The topological polar surface area (TPSA) is 85.9 Å².